The summed E-state index contributed by atoms with van der Waals surface area (Å²) >= 11 is 0. The lowest BCUT2D eigenvalue weighted by Gasteiger charge is -2.31. The molecule has 2 nitrogen and oxygen atoms in total. The Balaban J connectivity index is 4.16. The summed E-state index contributed by atoms with van der Waals surface area (Å²) in [5.74, 6) is -1.14. The van der Waals surface area contributed by atoms with E-state index in [9.17, 15) is 17.6 Å². The number of hydrogen-bond acceptors (Lipinski definition) is 2. The molecule has 0 bridgehead atoms. The van der Waals surface area contributed by atoms with Gasteiger partial charge in [0.15, 0.2) is 0 Å². The molecule has 0 aliphatic carbocycles. The van der Waals surface area contributed by atoms with E-state index in [1.54, 1.807) is 7.05 Å². The Labute approximate surface area is 95.6 Å². The molecule has 0 saturated carbocycles. The summed E-state index contributed by atoms with van der Waals surface area (Å²) in [4.78, 5) is 2.96. The standard InChI is InChI=1S/C9H19F4NOSi/c1-7(2)8(10,9(11,12)13)6-15-4-5-16-14-3/h7,14H,4-6,16H2,1-3H3. The smallest absolute Gasteiger partial charge is 0.378 e. The first-order valence-corrected chi connectivity index (χ1v) is 6.94. The third-order valence-corrected chi connectivity index (χ3v) is 3.56. The maximum atomic E-state index is 13.7. The molecule has 0 spiro atoms. The van der Waals surface area contributed by atoms with Gasteiger partial charge in [-0.25, -0.2) is 4.39 Å². The fourth-order valence-electron chi connectivity index (χ4n) is 1.15. The van der Waals surface area contributed by atoms with Crippen LogP contribution in [0.15, 0.2) is 0 Å². The Kier molecular flexibility index (Phi) is 6.50. The van der Waals surface area contributed by atoms with Crippen molar-refractivity contribution in [2.45, 2.75) is 31.7 Å². The lowest BCUT2D eigenvalue weighted by atomic mass is 9.92. The topological polar surface area (TPSA) is 21.3 Å². The third-order valence-electron chi connectivity index (χ3n) is 2.41. The second-order valence-corrected chi connectivity index (χ2v) is 5.94. The van der Waals surface area contributed by atoms with Crippen molar-refractivity contribution in [1.82, 2.24) is 4.98 Å². The Morgan fingerprint density at radius 1 is 1.25 bits per heavy atom. The van der Waals surface area contributed by atoms with Crippen LogP contribution in [0.25, 0.3) is 0 Å². The van der Waals surface area contributed by atoms with Crippen LogP contribution in [0.4, 0.5) is 17.6 Å². The number of halogens is 4. The Hall–Kier alpha value is -0.143. The van der Waals surface area contributed by atoms with E-state index in [2.05, 4.69) is 4.98 Å². The van der Waals surface area contributed by atoms with E-state index < -0.39 is 34.1 Å². The second kappa shape index (κ2) is 6.56. The van der Waals surface area contributed by atoms with Crippen molar-refractivity contribution < 1.29 is 22.3 Å². The van der Waals surface area contributed by atoms with Gasteiger partial charge in [0.05, 0.1) is 16.3 Å². The van der Waals surface area contributed by atoms with E-state index in [0.29, 0.717) is 6.04 Å². The summed E-state index contributed by atoms with van der Waals surface area (Å²) < 4.78 is 55.9. The summed E-state index contributed by atoms with van der Waals surface area (Å²) in [6.45, 7) is 1.69. The van der Waals surface area contributed by atoms with Crippen molar-refractivity contribution >= 4 is 9.68 Å². The van der Waals surface area contributed by atoms with Crippen LogP contribution >= 0.6 is 0 Å². The van der Waals surface area contributed by atoms with Crippen LogP contribution in [0.5, 0.6) is 0 Å². The maximum Gasteiger partial charge on any atom is 0.425 e. The van der Waals surface area contributed by atoms with E-state index in [1.807, 2.05) is 0 Å². The normalized spacial score (nSPS) is 17.2. The molecule has 0 aliphatic heterocycles. The first kappa shape index (κ1) is 15.9. The van der Waals surface area contributed by atoms with Crippen molar-refractivity contribution in [2.75, 3.05) is 20.3 Å². The molecule has 7 heteroatoms. The lowest BCUT2D eigenvalue weighted by molar-refractivity contribution is -0.259. The zero-order valence-corrected chi connectivity index (χ0v) is 11.2. The van der Waals surface area contributed by atoms with E-state index in [1.165, 1.54) is 13.8 Å². The van der Waals surface area contributed by atoms with Crippen molar-refractivity contribution in [1.29, 1.82) is 0 Å². The highest BCUT2D eigenvalue weighted by Gasteiger charge is 2.58. The molecule has 16 heavy (non-hydrogen) atoms. The number of hydrogen-bond donors (Lipinski definition) is 1. The first-order valence-electron chi connectivity index (χ1n) is 5.23. The molecular formula is C9H19F4NOSi. The number of nitrogens with one attached hydrogen (secondary N) is 1. The minimum Gasteiger partial charge on any atom is -0.378 e. The Bertz CT molecular complexity index is 200. The van der Waals surface area contributed by atoms with Crippen LogP contribution in [0.3, 0.4) is 0 Å². The van der Waals surface area contributed by atoms with Gasteiger partial charge < -0.3 is 9.72 Å². The summed E-state index contributed by atoms with van der Waals surface area (Å²) in [5, 5.41) is 0. The van der Waals surface area contributed by atoms with E-state index in [-0.39, 0.29) is 6.61 Å². The largest absolute Gasteiger partial charge is 0.425 e. The van der Waals surface area contributed by atoms with Gasteiger partial charge in [-0.1, -0.05) is 13.8 Å². The molecule has 1 N–H and O–H groups in total. The summed E-state index contributed by atoms with van der Waals surface area (Å²) in [5.41, 5.74) is -3.24. The van der Waals surface area contributed by atoms with Crippen molar-refractivity contribution in [3.8, 4) is 0 Å². The Morgan fingerprint density at radius 3 is 2.19 bits per heavy atom. The molecule has 98 valence electrons. The minimum absolute atomic E-state index is 0.182. The highest BCUT2D eigenvalue weighted by molar-refractivity contribution is 6.31. The molecule has 0 heterocycles. The van der Waals surface area contributed by atoms with Gasteiger partial charge in [0, 0.05) is 6.61 Å². The number of alkyl halides is 4. The van der Waals surface area contributed by atoms with Crippen molar-refractivity contribution in [3.05, 3.63) is 0 Å². The van der Waals surface area contributed by atoms with Crippen LogP contribution in [-0.4, -0.2) is 41.8 Å². The molecule has 0 aliphatic rings. The third kappa shape index (κ3) is 4.38. The van der Waals surface area contributed by atoms with Crippen LogP contribution < -0.4 is 4.98 Å². The molecule has 0 saturated heterocycles. The monoisotopic (exact) mass is 261 g/mol. The molecule has 0 amide bonds. The molecular weight excluding hydrogens is 242 g/mol. The average Bonchev–Trinajstić information content (AvgIpc) is 2.15. The van der Waals surface area contributed by atoms with Gasteiger partial charge in [-0.2, -0.15) is 13.2 Å². The molecule has 0 aromatic rings. The number of rotatable bonds is 7. The fraction of sp³-hybridized carbons (Fsp3) is 1.00. The van der Waals surface area contributed by atoms with Gasteiger partial charge in [-0.15, -0.1) is 0 Å². The number of ether oxygens (including phenoxy) is 1. The molecule has 1 unspecified atom stereocenters. The minimum atomic E-state index is -4.87. The molecule has 0 radical (unpaired) electrons. The molecule has 0 fully saturated rings. The van der Waals surface area contributed by atoms with Crippen LogP contribution in [0.2, 0.25) is 6.04 Å². The van der Waals surface area contributed by atoms with Gasteiger partial charge in [0.2, 0.25) is 5.67 Å². The fourth-order valence-corrected chi connectivity index (χ4v) is 1.85. The van der Waals surface area contributed by atoms with Gasteiger partial charge in [-0.3, -0.25) is 0 Å². The SMILES string of the molecule is CN[SiH2]CCOCC(F)(C(C)C)C(F)(F)F. The lowest BCUT2D eigenvalue weighted by Crippen LogP contribution is -2.49. The van der Waals surface area contributed by atoms with Crippen molar-refractivity contribution in [2.24, 2.45) is 5.92 Å². The predicted octanol–water partition coefficient (Wildman–Crippen LogP) is 1.65. The van der Waals surface area contributed by atoms with E-state index in [4.69, 9.17) is 4.74 Å². The van der Waals surface area contributed by atoms with Crippen molar-refractivity contribution in [3.63, 3.8) is 0 Å². The average molecular weight is 261 g/mol. The molecule has 0 aromatic heterocycles. The zero-order chi connectivity index (χ0) is 12.8. The second-order valence-electron chi connectivity index (χ2n) is 4.02. The van der Waals surface area contributed by atoms with Crippen LogP contribution in [0.1, 0.15) is 13.8 Å². The quantitative estimate of drug-likeness (QED) is 0.427. The molecule has 0 aromatic carbocycles. The van der Waals surface area contributed by atoms with Gasteiger partial charge in [0.1, 0.15) is 0 Å². The van der Waals surface area contributed by atoms with Crippen LogP contribution in [0, 0.1) is 5.92 Å². The van der Waals surface area contributed by atoms with Gasteiger partial charge in [-0.05, 0) is 19.0 Å². The molecule has 1 atom stereocenters. The zero-order valence-electron chi connectivity index (χ0n) is 9.83. The van der Waals surface area contributed by atoms with E-state index >= 15 is 0 Å². The van der Waals surface area contributed by atoms with Gasteiger partial charge >= 0.3 is 6.18 Å². The first-order chi connectivity index (χ1) is 7.25. The van der Waals surface area contributed by atoms with Crippen LogP contribution in [-0.2, 0) is 4.74 Å². The van der Waals surface area contributed by atoms with Gasteiger partial charge in [0.25, 0.3) is 0 Å². The summed E-state index contributed by atoms with van der Waals surface area (Å²) in [6.07, 6.45) is -4.87. The summed E-state index contributed by atoms with van der Waals surface area (Å²) in [6, 6.07) is 0.697. The predicted molar refractivity (Wildman–Crippen MR) is 58.0 cm³/mol. The maximum absolute atomic E-state index is 13.7. The highest BCUT2D eigenvalue weighted by atomic mass is 28.2. The Morgan fingerprint density at radius 2 is 1.81 bits per heavy atom. The summed E-state index contributed by atoms with van der Waals surface area (Å²) in [7, 11) is 1.31. The highest BCUT2D eigenvalue weighted by Crippen LogP contribution is 2.39. The van der Waals surface area contributed by atoms with E-state index in [0.717, 1.165) is 0 Å². The molecule has 0 rings (SSSR count).